The minimum Gasteiger partial charge on any atom is -0.206 e. The van der Waals surface area contributed by atoms with Crippen LogP contribution in [0.15, 0.2) is 12.1 Å². The van der Waals surface area contributed by atoms with Crippen LogP contribution in [0.25, 0.3) is 0 Å². The van der Waals surface area contributed by atoms with E-state index < -0.39 is 0 Å². The van der Waals surface area contributed by atoms with E-state index in [0.29, 0.717) is 0 Å². The topological polar surface area (TPSA) is 0 Å². The van der Waals surface area contributed by atoms with Crippen molar-refractivity contribution in [3.8, 4) is 0 Å². The SMILES string of the molecule is CCc1cc(C(C)C)c(F)c(C(C)C)c1. The van der Waals surface area contributed by atoms with E-state index in [-0.39, 0.29) is 17.7 Å². The first-order valence-corrected chi connectivity index (χ1v) is 5.79. The van der Waals surface area contributed by atoms with Gasteiger partial charge in [0.15, 0.2) is 0 Å². The highest BCUT2D eigenvalue weighted by Gasteiger charge is 2.14. The maximum Gasteiger partial charge on any atom is 0.130 e. The molecule has 0 radical (unpaired) electrons. The van der Waals surface area contributed by atoms with Crippen LogP contribution in [-0.2, 0) is 6.42 Å². The first kappa shape index (κ1) is 12.2. The van der Waals surface area contributed by atoms with E-state index in [2.05, 4.69) is 6.92 Å². The fourth-order valence-electron chi connectivity index (χ4n) is 1.78. The maximum atomic E-state index is 14.1. The average molecular weight is 208 g/mol. The summed E-state index contributed by atoms with van der Waals surface area (Å²) < 4.78 is 14.1. The lowest BCUT2D eigenvalue weighted by Gasteiger charge is -2.15. The molecule has 0 saturated heterocycles. The van der Waals surface area contributed by atoms with E-state index >= 15 is 0 Å². The third-order valence-electron chi connectivity index (χ3n) is 2.84. The quantitative estimate of drug-likeness (QED) is 0.679. The van der Waals surface area contributed by atoms with Crippen LogP contribution < -0.4 is 0 Å². The van der Waals surface area contributed by atoms with Crippen LogP contribution in [0.2, 0.25) is 0 Å². The molecule has 0 saturated carbocycles. The van der Waals surface area contributed by atoms with Gasteiger partial charge < -0.3 is 0 Å². The van der Waals surface area contributed by atoms with Gasteiger partial charge in [0.05, 0.1) is 0 Å². The van der Waals surface area contributed by atoms with Gasteiger partial charge in [0, 0.05) is 0 Å². The molecule has 0 aliphatic carbocycles. The number of rotatable bonds is 3. The van der Waals surface area contributed by atoms with Gasteiger partial charge in [0.1, 0.15) is 5.82 Å². The van der Waals surface area contributed by atoms with Crippen LogP contribution in [0.1, 0.15) is 63.1 Å². The Morgan fingerprint density at radius 2 is 1.40 bits per heavy atom. The molecule has 0 N–H and O–H groups in total. The highest BCUT2D eigenvalue weighted by Crippen LogP contribution is 2.28. The Morgan fingerprint density at radius 3 is 1.67 bits per heavy atom. The Kier molecular flexibility index (Phi) is 3.90. The van der Waals surface area contributed by atoms with Crippen molar-refractivity contribution in [1.82, 2.24) is 0 Å². The highest BCUT2D eigenvalue weighted by molar-refractivity contribution is 5.35. The largest absolute Gasteiger partial charge is 0.206 e. The maximum absolute atomic E-state index is 14.1. The molecule has 1 aromatic carbocycles. The second-order valence-electron chi connectivity index (χ2n) is 4.75. The van der Waals surface area contributed by atoms with Crippen LogP contribution in [0.4, 0.5) is 4.39 Å². The third kappa shape index (κ3) is 2.58. The molecule has 1 aromatic rings. The summed E-state index contributed by atoms with van der Waals surface area (Å²) in [6, 6.07) is 4.01. The second kappa shape index (κ2) is 4.78. The van der Waals surface area contributed by atoms with Gasteiger partial charge in [-0.3, -0.25) is 0 Å². The first-order chi connectivity index (χ1) is 6.97. The van der Waals surface area contributed by atoms with Crippen LogP contribution >= 0.6 is 0 Å². The monoisotopic (exact) mass is 208 g/mol. The Hall–Kier alpha value is -0.850. The van der Waals surface area contributed by atoms with Gasteiger partial charge in [0.2, 0.25) is 0 Å². The lowest BCUT2D eigenvalue weighted by atomic mass is 9.91. The van der Waals surface area contributed by atoms with E-state index in [4.69, 9.17) is 0 Å². The minimum absolute atomic E-state index is 0.00259. The zero-order chi connectivity index (χ0) is 11.6. The molecule has 1 heteroatoms. The summed E-state index contributed by atoms with van der Waals surface area (Å²) >= 11 is 0. The molecule has 15 heavy (non-hydrogen) atoms. The number of halogens is 1. The molecular weight excluding hydrogens is 187 g/mol. The average Bonchev–Trinajstić information content (AvgIpc) is 2.17. The molecule has 0 atom stereocenters. The molecule has 0 fully saturated rings. The van der Waals surface area contributed by atoms with Gasteiger partial charge in [0.25, 0.3) is 0 Å². The normalized spacial score (nSPS) is 11.5. The molecule has 1 rings (SSSR count). The lowest BCUT2D eigenvalue weighted by molar-refractivity contribution is 0.571. The van der Waals surface area contributed by atoms with Crippen LogP contribution in [-0.4, -0.2) is 0 Å². The van der Waals surface area contributed by atoms with Gasteiger partial charge >= 0.3 is 0 Å². The fraction of sp³-hybridized carbons (Fsp3) is 0.571. The molecule has 0 bridgehead atoms. The highest BCUT2D eigenvalue weighted by atomic mass is 19.1. The van der Waals surface area contributed by atoms with Crippen LogP contribution in [0.3, 0.4) is 0 Å². The van der Waals surface area contributed by atoms with E-state index in [1.54, 1.807) is 0 Å². The number of hydrogen-bond acceptors (Lipinski definition) is 0. The van der Waals surface area contributed by atoms with Crippen molar-refractivity contribution in [2.24, 2.45) is 0 Å². The summed E-state index contributed by atoms with van der Waals surface area (Å²) in [5, 5.41) is 0. The minimum atomic E-state index is -0.00259. The smallest absolute Gasteiger partial charge is 0.130 e. The second-order valence-corrected chi connectivity index (χ2v) is 4.75. The predicted molar refractivity (Wildman–Crippen MR) is 64.0 cm³/mol. The molecule has 0 aromatic heterocycles. The Balaban J connectivity index is 3.33. The van der Waals surface area contributed by atoms with E-state index in [1.807, 2.05) is 39.8 Å². The molecule has 0 aliphatic rings. The summed E-state index contributed by atoms with van der Waals surface area (Å²) in [5.74, 6) is 0.514. The van der Waals surface area contributed by atoms with Crippen LogP contribution in [0, 0.1) is 5.82 Å². The molecule has 0 nitrogen and oxygen atoms in total. The molecule has 0 amide bonds. The summed E-state index contributed by atoms with van der Waals surface area (Å²) in [4.78, 5) is 0. The van der Waals surface area contributed by atoms with Gasteiger partial charge in [-0.05, 0) is 34.9 Å². The Labute approximate surface area is 92.5 Å². The van der Waals surface area contributed by atoms with Gasteiger partial charge in [-0.25, -0.2) is 4.39 Å². The number of hydrogen-bond donors (Lipinski definition) is 0. The Morgan fingerprint density at radius 1 is 1.00 bits per heavy atom. The summed E-state index contributed by atoms with van der Waals surface area (Å²) in [5.41, 5.74) is 2.96. The van der Waals surface area contributed by atoms with Crippen LogP contribution in [0.5, 0.6) is 0 Å². The lowest BCUT2D eigenvalue weighted by Crippen LogP contribution is -2.02. The van der Waals surface area contributed by atoms with E-state index in [0.717, 1.165) is 17.5 Å². The Bertz CT molecular complexity index is 308. The summed E-state index contributed by atoms with van der Waals surface area (Å²) in [7, 11) is 0. The molecule has 0 heterocycles. The summed E-state index contributed by atoms with van der Waals surface area (Å²) in [6.45, 7) is 10.3. The van der Waals surface area contributed by atoms with Crippen molar-refractivity contribution in [2.45, 2.75) is 52.9 Å². The third-order valence-corrected chi connectivity index (χ3v) is 2.84. The zero-order valence-electron chi connectivity index (χ0n) is 10.4. The number of benzene rings is 1. The van der Waals surface area contributed by atoms with Gasteiger partial charge in [-0.15, -0.1) is 0 Å². The van der Waals surface area contributed by atoms with Crippen molar-refractivity contribution >= 4 is 0 Å². The van der Waals surface area contributed by atoms with Crippen molar-refractivity contribution in [3.05, 3.63) is 34.6 Å². The summed E-state index contributed by atoms with van der Waals surface area (Å²) in [6.07, 6.45) is 0.972. The first-order valence-electron chi connectivity index (χ1n) is 5.79. The zero-order valence-corrected chi connectivity index (χ0v) is 10.4. The molecule has 0 spiro atoms. The molecule has 0 aliphatic heterocycles. The van der Waals surface area contributed by atoms with E-state index in [1.165, 1.54) is 5.56 Å². The van der Waals surface area contributed by atoms with Gasteiger partial charge in [-0.2, -0.15) is 0 Å². The van der Waals surface area contributed by atoms with Crippen molar-refractivity contribution in [2.75, 3.05) is 0 Å². The van der Waals surface area contributed by atoms with Crippen molar-refractivity contribution in [3.63, 3.8) is 0 Å². The molecular formula is C14H21F. The van der Waals surface area contributed by atoms with E-state index in [9.17, 15) is 4.39 Å². The standard InChI is InChI=1S/C14H21F/c1-6-11-7-12(9(2)3)14(15)13(8-11)10(4)5/h7-10H,6H2,1-5H3. The van der Waals surface area contributed by atoms with Gasteiger partial charge in [-0.1, -0.05) is 46.8 Å². The molecule has 84 valence electrons. The van der Waals surface area contributed by atoms with Crippen molar-refractivity contribution in [1.29, 1.82) is 0 Å². The fourth-order valence-corrected chi connectivity index (χ4v) is 1.78. The predicted octanol–water partition coefficient (Wildman–Crippen LogP) is 4.63. The number of aryl methyl sites for hydroxylation is 1. The molecule has 0 unspecified atom stereocenters. The van der Waals surface area contributed by atoms with Crippen molar-refractivity contribution < 1.29 is 4.39 Å².